The molecule has 0 spiro atoms. The molecule has 114 valence electrons. The van der Waals surface area contributed by atoms with Crippen LogP contribution in [0.1, 0.15) is 42.5 Å². The van der Waals surface area contributed by atoms with Gasteiger partial charge in [0.25, 0.3) is 0 Å². The Morgan fingerprint density at radius 3 is 2.60 bits per heavy atom. The molecule has 0 fully saturated rings. The van der Waals surface area contributed by atoms with Crippen LogP contribution in [0.25, 0.3) is 0 Å². The fourth-order valence-electron chi connectivity index (χ4n) is 2.08. The largest absolute Gasteiger partial charge is 0.385 e. The van der Waals surface area contributed by atoms with Gasteiger partial charge in [-0.15, -0.1) is 0 Å². The molecular weight excluding hydrogens is 250 g/mol. The van der Waals surface area contributed by atoms with Crippen LogP contribution in [0.2, 0.25) is 0 Å². The lowest BCUT2D eigenvalue weighted by molar-refractivity contribution is 0.0875. The lowest BCUT2D eigenvalue weighted by Crippen LogP contribution is -2.26. The third kappa shape index (κ3) is 6.04. The summed E-state index contributed by atoms with van der Waals surface area (Å²) in [5, 5.41) is 3.57. The van der Waals surface area contributed by atoms with E-state index in [2.05, 4.69) is 44.3 Å². The summed E-state index contributed by atoms with van der Waals surface area (Å²) in [6.07, 6.45) is 2.08. The molecule has 1 atom stereocenters. The van der Waals surface area contributed by atoms with Crippen molar-refractivity contribution in [1.29, 1.82) is 0 Å². The molecule has 3 nitrogen and oxygen atoms in total. The summed E-state index contributed by atoms with van der Waals surface area (Å²) in [6.45, 7) is 9.73. The molecule has 0 amide bonds. The van der Waals surface area contributed by atoms with Crippen LogP contribution < -0.4 is 5.32 Å². The van der Waals surface area contributed by atoms with Gasteiger partial charge in [-0.1, -0.05) is 25.1 Å². The van der Waals surface area contributed by atoms with E-state index in [0.717, 1.165) is 32.6 Å². The Bertz CT molecular complexity index is 379. The van der Waals surface area contributed by atoms with Crippen LogP contribution >= 0.6 is 0 Å². The summed E-state index contributed by atoms with van der Waals surface area (Å²) in [7, 11) is 1.72. The monoisotopic (exact) mass is 279 g/mol. The molecular formula is C17H29NO2. The minimum absolute atomic E-state index is 0.275. The molecule has 0 aliphatic carbocycles. The zero-order valence-corrected chi connectivity index (χ0v) is 13.4. The molecule has 1 unspecified atom stereocenters. The van der Waals surface area contributed by atoms with Crippen LogP contribution in [0.3, 0.4) is 0 Å². The molecule has 1 N–H and O–H groups in total. The summed E-state index contributed by atoms with van der Waals surface area (Å²) < 4.78 is 10.8. The van der Waals surface area contributed by atoms with Crippen LogP contribution in [0.15, 0.2) is 18.2 Å². The van der Waals surface area contributed by atoms with E-state index in [1.54, 1.807) is 7.11 Å². The van der Waals surface area contributed by atoms with Crippen molar-refractivity contribution in [3.8, 4) is 0 Å². The Morgan fingerprint density at radius 1 is 1.15 bits per heavy atom. The maximum atomic E-state index is 5.78. The number of hydrogen-bond donors (Lipinski definition) is 1. The SMILES string of the molecule is CCCNC(COCCCOC)c1ccc(C)c(C)c1. The Kier molecular flexibility index (Phi) is 8.51. The number of aryl methyl sites for hydroxylation is 2. The molecule has 20 heavy (non-hydrogen) atoms. The van der Waals surface area contributed by atoms with Gasteiger partial charge in [-0.25, -0.2) is 0 Å². The van der Waals surface area contributed by atoms with Crippen molar-refractivity contribution < 1.29 is 9.47 Å². The van der Waals surface area contributed by atoms with Crippen molar-refractivity contribution in [2.75, 3.05) is 33.5 Å². The second kappa shape index (κ2) is 9.92. The normalized spacial score (nSPS) is 12.6. The fraction of sp³-hybridized carbons (Fsp3) is 0.647. The van der Waals surface area contributed by atoms with Crippen LogP contribution in [-0.4, -0.2) is 33.5 Å². The van der Waals surface area contributed by atoms with Crippen molar-refractivity contribution in [3.05, 3.63) is 34.9 Å². The Labute approximate surface area is 123 Å². The summed E-state index contributed by atoms with van der Waals surface area (Å²) >= 11 is 0. The number of methoxy groups -OCH3 is 1. The fourth-order valence-corrected chi connectivity index (χ4v) is 2.08. The number of hydrogen-bond acceptors (Lipinski definition) is 3. The molecule has 0 radical (unpaired) electrons. The lowest BCUT2D eigenvalue weighted by Gasteiger charge is -2.20. The summed E-state index contributed by atoms with van der Waals surface area (Å²) in [5.41, 5.74) is 3.99. The maximum Gasteiger partial charge on any atom is 0.0661 e. The van der Waals surface area contributed by atoms with Crippen molar-refractivity contribution in [3.63, 3.8) is 0 Å². The molecule has 1 rings (SSSR count). The first-order chi connectivity index (χ1) is 9.69. The highest BCUT2D eigenvalue weighted by molar-refractivity contribution is 5.31. The van der Waals surface area contributed by atoms with E-state index >= 15 is 0 Å². The molecule has 0 aromatic heterocycles. The van der Waals surface area contributed by atoms with Gasteiger partial charge in [-0.05, 0) is 49.9 Å². The zero-order chi connectivity index (χ0) is 14.8. The second-order valence-electron chi connectivity index (χ2n) is 5.27. The summed E-state index contributed by atoms with van der Waals surface area (Å²) in [6, 6.07) is 6.93. The van der Waals surface area contributed by atoms with Gasteiger partial charge in [0.2, 0.25) is 0 Å². The third-order valence-corrected chi connectivity index (χ3v) is 3.50. The zero-order valence-electron chi connectivity index (χ0n) is 13.4. The van der Waals surface area contributed by atoms with Gasteiger partial charge in [-0.2, -0.15) is 0 Å². The third-order valence-electron chi connectivity index (χ3n) is 3.50. The highest BCUT2D eigenvalue weighted by Crippen LogP contribution is 2.17. The highest BCUT2D eigenvalue weighted by atomic mass is 16.5. The molecule has 0 aliphatic heterocycles. The molecule has 1 aromatic rings. The Balaban J connectivity index is 2.55. The number of nitrogens with one attached hydrogen (secondary N) is 1. The second-order valence-corrected chi connectivity index (χ2v) is 5.27. The van der Waals surface area contributed by atoms with Crippen molar-refractivity contribution in [2.45, 2.75) is 39.7 Å². The Hall–Kier alpha value is -0.900. The predicted molar refractivity (Wildman–Crippen MR) is 84.3 cm³/mol. The smallest absolute Gasteiger partial charge is 0.0661 e. The quantitative estimate of drug-likeness (QED) is 0.666. The Morgan fingerprint density at radius 2 is 1.95 bits per heavy atom. The van der Waals surface area contributed by atoms with E-state index in [4.69, 9.17) is 9.47 Å². The van der Waals surface area contributed by atoms with Crippen LogP contribution in [0.5, 0.6) is 0 Å². The van der Waals surface area contributed by atoms with Gasteiger partial charge in [0, 0.05) is 20.3 Å². The molecule has 0 saturated heterocycles. The van der Waals surface area contributed by atoms with E-state index in [1.807, 2.05) is 0 Å². The van der Waals surface area contributed by atoms with E-state index in [1.165, 1.54) is 16.7 Å². The minimum atomic E-state index is 0.275. The summed E-state index contributed by atoms with van der Waals surface area (Å²) in [5.74, 6) is 0. The average Bonchev–Trinajstić information content (AvgIpc) is 2.45. The van der Waals surface area contributed by atoms with Gasteiger partial charge in [0.15, 0.2) is 0 Å². The minimum Gasteiger partial charge on any atom is -0.385 e. The number of benzene rings is 1. The van der Waals surface area contributed by atoms with E-state index < -0.39 is 0 Å². The molecule has 0 bridgehead atoms. The van der Waals surface area contributed by atoms with Crippen LogP contribution in [-0.2, 0) is 9.47 Å². The van der Waals surface area contributed by atoms with Crippen molar-refractivity contribution in [1.82, 2.24) is 5.32 Å². The molecule has 0 aliphatic rings. The van der Waals surface area contributed by atoms with Gasteiger partial charge in [0.05, 0.1) is 12.6 Å². The molecule has 3 heteroatoms. The first-order valence-corrected chi connectivity index (χ1v) is 7.56. The molecule has 0 saturated carbocycles. The van der Waals surface area contributed by atoms with E-state index in [0.29, 0.717) is 6.61 Å². The van der Waals surface area contributed by atoms with Crippen molar-refractivity contribution >= 4 is 0 Å². The van der Waals surface area contributed by atoms with Gasteiger partial charge in [0.1, 0.15) is 0 Å². The van der Waals surface area contributed by atoms with Gasteiger partial charge in [-0.3, -0.25) is 0 Å². The number of rotatable bonds is 10. The maximum absolute atomic E-state index is 5.78. The first-order valence-electron chi connectivity index (χ1n) is 7.56. The van der Waals surface area contributed by atoms with Crippen molar-refractivity contribution in [2.24, 2.45) is 0 Å². The van der Waals surface area contributed by atoms with E-state index in [-0.39, 0.29) is 6.04 Å². The topological polar surface area (TPSA) is 30.5 Å². The summed E-state index contributed by atoms with van der Waals surface area (Å²) in [4.78, 5) is 0. The predicted octanol–water partition coefficient (Wildman–Crippen LogP) is 3.40. The standard InChI is InChI=1S/C17H29NO2/c1-5-9-18-17(13-20-11-6-10-19-4)16-8-7-14(2)15(3)12-16/h7-8,12,17-18H,5-6,9-11,13H2,1-4H3. The van der Waals surface area contributed by atoms with E-state index in [9.17, 15) is 0 Å². The first kappa shape index (κ1) is 17.2. The van der Waals surface area contributed by atoms with Gasteiger partial charge < -0.3 is 14.8 Å². The lowest BCUT2D eigenvalue weighted by atomic mass is 10.0. The molecule has 1 aromatic carbocycles. The molecule has 0 heterocycles. The van der Waals surface area contributed by atoms with Crippen LogP contribution in [0.4, 0.5) is 0 Å². The van der Waals surface area contributed by atoms with Gasteiger partial charge >= 0.3 is 0 Å². The average molecular weight is 279 g/mol. The van der Waals surface area contributed by atoms with Crippen LogP contribution in [0, 0.1) is 13.8 Å². The highest BCUT2D eigenvalue weighted by Gasteiger charge is 2.11. The number of ether oxygens (including phenoxy) is 2.